The summed E-state index contributed by atoms with van der Waals surface area (Å²) in [7, 11) is 1.41. The Hall–Kier alpha value is -1.06. The Morgan fingerprint density at radius 1 is 1.31 bits per heavy atom. The van der Waals surface area contributed by atoms with Crippen molar-refractivity contribution >= 4 is 0 Å². The van der Waals surface area contributed by atoms with Crippen LogP contribution in [0, 0.1) is 0 Å². The molecule has 0 aliphatic rings. The lowest BCUT2D eigenvalue weighted by Crippen LogP contribution is -2.36. The molecule has 1 aromatic rings. The zero-order valence-electron chi connectivity index (χ0n) is 7.86. The summed E-state index contributed by atoms with van der Waals surface area (Å²) >= 11 is 0. The molecule has 0 aliphatic heterocycles. The number of hydrogen-bond donors (Lipinski definition) is 1. The summed E-state index contributed by atoms with van der Waals surface area (Å²) in [6, 6.07) is 9.08. The van der Waals surface area contributed by atoms with Gasteiger partial charge in [-0.05, 0) is 12.1 Å². The molecule has 1 atom stereocenters. The summed E-state index contributed by atoms with van der Waals surface area (Å²) in [6.07, 6.45) is 0.373. The van der Waals surface area contributed by atoms with Gasteiger partial charge in [0.1, 0.15) is 5.75 Å². The van der Waals surface area contributed by atoms with E-state index in [0.29, 0.717) is 12.2 Å². The molecule has 1 unspecified atom stereocenters. The largest absolute Gasteiger partial charge is 0.439 e. The summed E-state index contributed by atoms with van der Waals surface area (Å²) in [5.41, 5.74) is 0. The van der Waals surface area contributed by atoms with Gasteiger partial charge in [-0.1, -0.05) is 25.1 Å². The van der Waals surface area contributed by atoms with Gasteiger partial charge in [0, 0.05) is 13.5 Å². The van der Waals surface area contributed by atoms with E-state index in [9.17, 15) is 5.11 Å². The Morgan fingerprint density at radius 2 is 1.92 bits per heavy atom. The number of hydrogen-bond acceptors (Lipinski definition) is 3. The van der Waals surface area contributed by atoms with Crippen molar-refractivity contribution in [2.45, 2.75) is 19.3 Å². The van der Waals surface area contributed by atoms with Gasteiger partial charge in [-0.25, -0.2) is 0 Å². The molecule has 0 spiro atoms. The van der Waals surface area contributed by atoms with E-state index in [1.165, 1.54) is 7.11 Å². The van der Waals surface area contributed by atoms with Gasteiger partial charge in [-0.15, -0.1) is 0 Å². The summed E-state index contributed by atoms with van der Waals surface area (Å²) in [5, 5.41) is 9.64. The minimum Gasteiger partial charge on any atom is -0.439 e. The Kier molecular flexibility index (Phi) is 3.28. The Labute approximate surface area is 77.9 Å². The number of benzene rings is 1. The molecule has 0 heterocycles. The lowest BCUT2D eigenvalue weighted by Gasteiger charge is -2.25. The molecule has 1 rings (SSSR count). The van der Waals surface area contributed by atoms with E-state index in [1.54, 1.807) is 19.1 Å². The van der Waals surface area contributed by atoms with Crippen LogP contribution in [-0.2, 0) is 4.74 Å². The number of para-hydroxylation sites is 1. The molecule has 72 valence electrons. The van der Waals surface area contributed by atoms with Crippen molar-refractivity contribution in [3.63, 3.8) is 0 Å². The molecule has 1 aromatic carbocycles. The molecule has 3 heteroatoms. The summed E-state index contributed by atoms with van der Waals surface area (Å²) in [4.78, 5) is 0. The van der Waals surface area contributed by atoms with Crippen molar-refractivity contribution in [3.05, 3.63) is 30.3 Å². The number of methoxy groups -OCH3 is 1. The van der Waals surface area contributed by atoms with Gasteiger partial charge in [0.05, 0.1) is 0 Å². The molecule has 0 aromatic heterocycles. The predicted octanol–water partition coefficient (Wildman–Crippen LogP) is 1.77. The van der Waals surface area contributed by atoms with Crippen LogP contribution < -0.4 is 4.74 Å². The van der Waals surface area contributed by atoms with Crippen LogP contribution in [0.1, 0.15) is 13.3 Å². The van der Waals surface area contributed by atoms with Crippen molar-refractivity contribution in [1.82, 2.24) is 0 Å². The van der Waals surface area contributed by atoms with E-state index in [1.807, 2.05) is 18.2 Å². The molecule has 13 heavy (non-hydrogen) atoms. The highest BCUT2D eigenvalue weighted by molar-refractivity contribution is 5.21. The van der Waals surface area contributed by atoms with Crippen LogP contribution in [0.5, 0.6) is 5.75 Å². The molecular formula is C10H14O3. The van der Waals surface area contributed by atoms with E-state index in [2.05, 4.69) is 0 Å². The average Bonchev–Trinajstić information content (AvgIpc) is 2.19. The third-order valence-electron chi connectivity index (χ3n) is 1.79. The molecule has 0 radical (unpaired) electrons. The van der Waals surface area contributed by atoms with Gasteiger partial charge in [-0.2, -0.15) is 0 Å². The van der Waals surface area contributed by atoms with Crippen molar-refractivity contribution in [2.75, 3.05) is 7.11 Å². The normalized spacial score (nSPS) is 15.0. The topological polar surface area (TPSA) is 38.7 Å². The molecular weight excluding hydrogens is 168 g/mol. The second-order valence-corrected chi connectivity index (χ2v) is 2.69. The smallest absolute Gasteiger partial charge is 0.323 e. The molecule has 0 amide bonds. The first-order valence-corrected chi connectivity index (χ1v) is 4.22. The highest BCUT2D eigenvalue weighted by Crippen LogP contribution is 2.18. The quantitative estimate of drug-likeness (QED) is 0.721. The lowest BCUT2D eigenvalue weighted by molar-refractivity contribution is -0.308. The maximum absolute atomic E-state index is 9.64. The van der Waals surface area contributed by atoms with Crippen LogP contribution in [0.3, 0.4) is 0 Å². The van der Waals surface area contributed by atoms with Gasteiger partial charge in [0.25, 0.3) is 0 Å². The van der Waals surface area contributed by atoms with Crippen LogP contribution in [-0.4, -0.2) is 18.2 Å². The van der Waals surface area contributed by atoms with Crippen molar-refractivity contribution in [2.24, 2.45) is 0 Å². The van der Waals surface area contributed by atoms with E-state index < -0.39 is 5.97 Å². The maximum Gasteiger partial charge on any atom is 0.323 e. The molecule has 0 aliphatic carbocycles. The zero-order chi connectivity index (χ0) is 9.73. The minimum absolute atomic E-state index is 0.373. The van der Waals surface area contributed by atoms with E-state index >= 15 is 0 Å². The summed E-state index contributed by atoms with van der Waals surface area (Å²) in [6.45, 7) is 1.78. The molecule has 1 N–H and O–H groups in total. The van der Waals surface area contributed by atoms with Crippen LogP contribution in [0.4, 0.5) is 0 Å². The highest BCUT2D eigenvalue weighted by atomic mass is 16.8. The van der Waals surface area contributed by atoms with Gasteiger partial charge < -0.3 is 14.6 Å². The van der Waals surface area contributed by atoms with Crippen LogP contribution in [0.25, 0.3) is 0 Å². The van der Waals surface area contributed by atoms with Crippen molar-refractivity contribution in [3.8, 4) is 5.75 Å². The van der Waals surface area contributed by atoms with Crippen molar-refractivity contribution in [1.29, 1.82) is 0 Å². The van der Waals surface area contributed by atoms with Crippen molar-refractivity contribution < 1.29 is 14.6 Å². The fraction of sp³-hybridized carbons (Fsp3) is 0.400. The Bertz CT molecular complexity index is 242. The van der Waals surface area contributed by atoms with Gasteiger partial charge in [0.2, 0.25) is 0 Å². The van der Waals surface area contributed by atoms with E-state index in [4.69, 9.17) is 9.47 Å². The Balaban J connectivity index is 2.68. The Morgan fingerprint density at radius 3 is 2.38 bits per heavy atom. The highest BCUT2D eigenvalue weighted by Gasteiger charge is 2.25. The van der Waals surface area contributed by atoms with E-state index in [0.717, 1.165) is 0 Å². The first-order valence-electron chi connectivity index (χ1n) is 4.22. The number of ether oxygens (including phenoxy) is 2. The van der Waals surface area contributed by atoms with Gasteiger partial charge in [-0.3, -0.25) is 0 Å². The second-order valence-electron chi connectivity index (χ2n) is 2.69. The fourth-order valence-corrected chi connectivity index (χ4v) is 0.931. The first-order chi connectivity index (χ1) is 6.20. The molecule has 0 bridgehead atoms. The van der Waals surface area contributed by atoms with Crippen LogP contribution >= 0.6 is 0 Å². The second kappa shape index (κ2) is 4.25. The molecule has 0 saturated heterocycles. The molecule has 3 nitrogen and oxygen atoms in total. The molecule has 0 fully saturated rings. The maximum atomic E-state index is 9.64. The average molecular weight is 182 g/mol. The fourth-order valence-electron chi connectivity index (χ4n) is 0.931. The standard InChI is InChI=1S/C10H14O3/c1-3-10(11,12-2)13-9-7-5-4-6-8-9/h4-8,11H,3H2,1-2H3. The monoisotopic (exact) mass is 182 g/mol. The summed E-state index contributed by atoms with van der Waals surface area (Å²) < 4.78 is 10.1. The van der Waals surface area contributed by atoms with Gasteiger partial charge >= 0.3 is 5.97 Å². The zero-order valence-corrected chi connectivity index (χ0v) is 7.86. The van der Waals surface area contributed by atoms with Crippen LogP contribution in [0.15, 0.2) is 30.3 Å². The predicted molar refractivity (Wildman–Crippen MR) is 49.3 cm³/mol. The minimum atomic E-state index is -1.51. The van der Waals surface area contributed by atoms with Gasteiger partial charge in [0.15, 0.2) is 0 Å². The van der Waals surface area contributed by atoms with E-state index in [-0.39, 0.29) is 0 Å². The third kappa shape index (κ3) is 2.72. The summed E-state index contributed by atoms with van der Waals surface area (Å²) in [5.74, 6) is -0.921. The third-order valence-corrected chi connectivity index (χ3v) is 1.79. The van der Waals surface area contributed by atoms with Crippen LogP contribution in [0.2, 0.25) is 0 Å². The SMILES string of the molecule is CCC(O)(OC)Oc1ccccc1. The number of aliphatic hydroxyl groups is 1. The lowest BCUT2D eigenvalue weighted by atomic mass is 10.3. The first kappa shape index (κ1) is 10.0. The number of rotatable bonds is 4. The molecule has 0 saturated carbocycles.